The summed E-state index contributed by atoms with van der Waals surface area (Å²) < 4.78 is 5.23. The van der Waals surface area contributed by atoms with Crippen LogP contribution in [0.5, 0.6) is 5.75 Å². The molecule has 1 aliphatic rings. The number of amides is 1. The molecule has 1 amide bonds. The Labute approximate surface area is 152 Å². The van der Waals surface area contributed by atoms with Crippen LogP contribution in [-0.4, -0.2) is 28.9 Å². The summed E-state index contributed by atoms with van der Waals surface area (Å²) in [6, 6.07) is 6.60. The first-order chi connectivity index (χ1) is 12.4. The number of hydrogen-bond acceptors (Lipinski definition) is 5. The van der Waals surface area contributed by atoms with Crippen LogP contribution in [0, 0.1) is 0 Å². The summed E-state index contributed by atoms with van der Waals surface area (Å²) in [5, 5.41) is 12.0. The molecule has 0 bridgehead atoms. The summed E-state index contributed by atoms with van der Waals surface area (Å²) in [4.78, 5) is 34.2. The Morgan fingerprint density at radius 1 is 1.27 bits per heavy atom. The second-order valence-corrected chi connectivity index (χ2v) is 6.13. The number of hydrogen-bond donors (Lipinski definition) is 2. The lowest BCUT2D eigenvalue weighted by Crippen LogP contribution is -2.08. The van der Waals surface area contributed by atoms with Crippen LogP contribution in [0.3, 0.4) is 0 Å². The number of anilines is 1. The molecule has 0 radical (unpaired) electrons. The average Bonchev–Trinajstić information content (AvgIpc) is 2.89. The number of rotatable bonds is 8. The van der Waals surface area contributed by atoms with E-state index in [-0.39, 0.29) is 30.5 Å². The van der Waals surface area contributed by atoms with E-state index in [1.807, 2.05) is 12.2 Å². The summed E-state index contributed by atoms with van der Waals surface area (Å²) in [6.07, 6.45) is 7.10. The van der Waals surface area contributed by atoms with Gasteiger partial charge in [-0.3, -0.25) is 14.4 Å². The molecule has 0 heterocycles. The van der Waals surface area contributed by atoms with Gasteiger partial charge in [-0.05, 0) is 55.2 Å². The van der Waals surface area contributed by atoms with Crippen LogP contribution < -0.4 is 10.1 Å². The number of aliphatic hydroxyl groups excluding tert-OH is 1. The molecule has 0 saturated heterocycles. The normalized spacial score (nSPS) is 16.6. The SMILES string of the molecule is CC(=O)Nc1ccc(OC(=O)CCCC=CCC2=CC(O)CC2=O)cc1. The number of Topliss-reactive ketones (excluding diaryl/α,β-unsaturated/α-hetero) is 1. The lowest BCUT2D eigenvalue weighted by molar-refractivity contribution is -0.134. The lowest BCUT2D eigenvalue weighted by atomic mass is 10.1. The zero-order valence-corrected chi connectivity index (χ0v) is 14.7. The third kappa shape index (κ3) is 6.64. The maximum Gasteiger partial charge on any atom is 0.311 e. The van der Waals surface area contributed by atoms with Crippen LogP contribution in [0.2, 0.25) is 0 Å². The number of carbonyl (C=O) groups is 3. The van der Waals surface area contributed by atoms with Gasteiger partial charge < -0.3 is 15.2 Å². The standard InChI is InChI=1S/C20H23NO5/c1-14(22)21-16-8-10-18(11-9-16)26-20(25)7-5-3-2-4-6-15-12-17(23)13-19(15)24/h2,4,8-12,17,23H,3,5-7,13H2,1H3,(H,21,22). The molecule has 2 N–H and O–H groups in total. The van der Waals surface area contributed by atoms with Gasteiger partial charge in [-0.15, -0.1) is 0 Å². The largest absolute Gasteiger partial charge is 0.427 e. The Kier molecular flexibility index (Phi) is 7.29. The number of ketones is 1. The van der Waals surface area contributed by atoms with Gasteiger partial charge in [-0.25, -0.2) is 0 Å². The Morgan fingerprint density at radius 3 is 2.62 bits per heavy atom. The molecular weight excluding hydrogens is 334 g/mol. The summed E-state index contributed by atoms with van der Waals surface area (Å²) >= 11 is 0. The van der Waals surface area contributed by atoms with E-state index >= 15 is 0 Å². The third-order valence-corrected chi connectivity index (χ3v) is 3.81. The van der Waals surface area contributed by atoms with Gasteiger partial charge in [-0.2, -0.15) is 0 Å². The van der Waals surface area contributed by atoms with E-state index in [1.165, 1.54) is 6.92 Å². The molecule has 0 spiro atoms. The number of allylic oxidation sites excluding steroid dienone is 3. The molecule has 1 unspecified atom stereocenters. The van der Waals surface area contributed by atoms with Crippen molar-refractivity contribution in [2.24, 2.45) is 0 Å². The Balaban J connectivity index is 1.64. The maximum atomic E-state index is 11.8. The van der Waals surface area contributed by atoms with Gasteiger partial charge in [-0.1, -0.05) is 12.2 Å². The van der Waals surface area contributed by atoms with E-state index in [1.54, 1.807) is 30.3 Å². The van der Waals surface area contributed by atoms with Crippen molar-refractivity contribution in [3.05, 3.63) is 48.1 Å². The van der Waals surface area contributed by atoms with Crippen molar-refractivity contribution in [1.29, 1.82) is 0 Å². The smallest absolute Gasteiger partial charge is 0.311 e. The number of unbranched alkanes of at least 4 members (excludes halogenated alkanes) is 1. The van der Waals surface area contributed by atoms with Gasteiger partial charge in [0.15, 0.2) is 5.78 Å². The van der Waals surface area contributed by atoms with E-state index in [0.717, 1.165) is 0 Å². The van der Waals surface area contributed by atoms with Crippen LogP contribution in [0.4, 0.5) is 5.69 Å². The van der Waals surface area contributed by atoms with Crippen LogP contribution in [0.25, 0.3) is 0 Å². The number of aliphatic hydroxyl groups is 1. The minimum atomic E-state index is -0.645. The van der Waals surface area contributed by atoms with Gasteiger partial charge in [0, 0.05) is 25.5 Å². The summed E-state index contributed by atoms with van der Waals surface area (Å²) in [5.41, 5.74) is 1.29. The summed E-state index contributed by atoms with van der Waals surface area (Å²) in [6.45, 7) is 1.42. The Morgan fingerprint density at radius 2 is 2.00 bits per heavy atom. The summed E-state index contributed by atoms with van der Waals surface area (Å²) in [5.74, 6) is -0.0461. The van der Waals surface area contributed by atoms with Gasteiger partial charge in [0.1, 0.15) is 5.75 Å². The highest BCUT2D eigenvalue weighted by atomic mass is 16.5. The first-order valence-electron chi connectivity index (χ1n) is 8.59. The Bertz CT molecular complexity index is 718. The summed E-state index contributed by atoms with van der Waals surface area (Å²) in [7, 11) is 0. The van der Waals surface area contributed by atoms with Crippen LogP contribution in [0.15, 0.2) is 48.1 Å². The molecular formula is C20H23NO5. The molecule has 6 nitrogen and oxygen atoms in total. The van der Waals surface area contributed by atoms with Crippen molar-refractivity contribution in [2.75, 3.05) is 5.32 Å². The van der Waals surface area contributed by atoms with Gasteiger partial charge in [0.25, 0.3) is 0 Å². The van der Waals surface area contributed by atoms with Gasteiger partial charge in [0.2, 0.25) is 5.91 Å². The van der Waals surface area contributed by atoms with Crippen LogP contribution in [0.1, 0.15) is 39.0 Å². The fraction of sp³-hybridized carbons (Fsp3) is 0.350. The molecule has 2 rings (SSSR count). The zero-order chi connectivity index (χ0) is 18.9. The minimum absolute atomic E-state index is 0.00440. The van der Waals surface area contributed by atoms with E-state index in [0.29, 0.717) is 36.3 Å². The fourth-order valence-electron chi connectivity index (χ4n) is 2.57. The minimum Gasteiger partial charge on any atom is -0.427 e. The first-order valence-corrected chi connectivity index (χ1v) is 8.59. The molecule has 1 atom stereocenters. The number of ether oxygens (including phenoxy) is 1. The molecule has 0 aliphatic heterocycles. The highest BCUT2D eigenvalue weighted by molar-refractivity contribution is 5.98. The molecule has 1 aromatic rings. The van der Waals surface area contributed by atoms with Gasteiger partial charge >= 0.3 is 5.97 Å². The molecule has 0 saturated carbocycles. The van der Waals surface area contributed by atoms with Crippen LogP contribution >= 0.6 is 0 Å². The van der Waals surface area contributed by atoms with Crippen LogP contribution in [-0.2, 0) is 14.4 Å². The average molecular weight is 357 g/mol. The number of carbonyl (C=O) groups excluding carboxylic acids is 3. The molecule has 0 fully saturated rings. The second-order valence-electron chi connectivity index (χ2n) is 6.13. The van der Waals surface area contributed by atoms with Crippen molar-refractivity contribution >= 4 is 23.3 Å². The van der Waals surface area contributed by atoms with E-state index in [9.17, 15) is 19.5 Å². The molecule has 0 aromatic heterocycles. The third-order valence-electron chi connectivity index (χ3n) is 3.81. The number of nitrogens with one attached hydrogen (secondary N) is 1. The number of esters is 1. The molecule has 1 aromatic carbocycles. The Hall–Kier alpha value is -2.73. The van der Waals surface area contributed by atoms with Crippen molar-refractivity contribution in [3.63, 3.8) is 0 Å². The van der Waals surface area contributed by atoms with Crippen molar-refractivity contribution in [2.45, 2.75) is 45.1 Å². The monoisotopic (exact) mass is 357 g/mol. The van der Waals surface area contributed by atoms with Crippen molar-refractivity contribution in [1.82, 2.24) is 0 Å². The maximum absolute atomic E-state index is 11.8. The molecule has 6 heteroatoms. The first kappa shape index (κ1) is 19.6. The fourth-order valence-corrected chi connectivity index (χ4v) is 2.57. The zero-order valence-electron chi connectivity index (χ0n) is 14.7. The molecule has 138 valence electrons. The van der Waals surface area contributed by atoms with E-state index < -0.39 is 6.10 Å². The number of benzene rings is 1. The van der Waals surface area contributed by atoms with Gasteiger partial charge in [0.05, 0.1) is 6.10 Å². The predicted octanol–water partition coefficient (Wildman–Crippen LogP) is 2.93. The lowest BCUT2D eigenvalue weighted by Gasteiger charge is -2.05. The highest BCUT2D eigenvalue weighted by Gasteiger charge is 2.20. The topological polar surface area (TPSA) is 92.7 Å². The second kappa shape index (κ2) is 9.68. The van der Waals surface area contributed by atoms with Crippen molar-refractivity contribution in [3.8, 4) is 5.75 Å². The van der Waals surface area contributed by atoms with Crippen molar-refractivity contribution < 1.29 is 24.2 Å². The molecule has 1 aliphatic carbocycles. The quantitative estimate of drug-likeness (QED) is 0.323. The predicted molar refractivity (Wildman–Crippen MR) is 97.7 cm³/mol. The highest BCUT2D eigenvalue weighted by Crippen LogP contribution is 2.19. The van der Waals surface area contributed by atoms with E-state index in [4.69, 9.17) is 4.74 Å². The molecule has 26 heavy (non-hydrogen) atoms. The van der Waals surface area contributed by atoms with E-state index in [2.05, 4.69) is 5.32 Å².